The number of hydrogen-bond acceptors (Lipinski definition) is 6. The van der Waals surface area contributed by atoms with Crippen LogP contribution in [0.25, 0.3) is 0 Å². The number of unbranched alkanes of at least 4 members (excludes halogenated alkanes) is 14. The molecule has 2 unspecified atom stereocenters. The van der Waals surface area contributed by atoms with Crippen molar-refractivity contribution < 1.29 is 29.0 Å². The van der Waals surface area contributed by atoms with E-state index in [1.54, 1.807) is 0 Å². The van der Waals surface area contributed by atoms with Gasteiger partial charge in [0.1, 0.15) is 23.4 Å². The number of rotatable bonds is 22. The van der Waals surface area contributed by atoms with Crippen LogP contribution in [0.15, 0.2) is 0 Å². The average Bonchev–Trinajstić information content (AvgIpc) is 2.79. The first kappa shape index (κ1) is 32.3. The zero-order chi connectivity index (χ0) is 25.6. The first-order valence-corrected chi connectivity index (χ1v) is 13.8. The Morgan fingerprint density at radius 3 is 1.00 bits per heavy atom. The monoisotopic (exact) mass is 482 g/mol. The maximum Gasteiger partial charge on any atom is 0.365 e. The van der Waals surface area contributed by atoms with Crippen LogP contribution in [-0.4, -0.2) is 23.5 Å². The highest BCUT2D eigenvalue weighted by Gasteiger charge is 2.30. The predicted molar refractivity (Wildman–Crippen MR) is 135 cm³/mol. The summed E-state index contributed by atoms with van der Waals surface area (Å²) in [5, 5.41) is 0. The van der Waals surface area contributed by atoms with Gasteiger partial charge in [-0.3, -0.25) is 9.59 Å². The molecular weight excluding hydrogens is 432 g/mol. The Kier molecular flexibility index (Phi) is 20.7. The first-order chi connectivity index (χ1) is 16.3. The summed E-state index contributed by atoms with van der Waals surface area (Å²) in [5.41, 5.74) is 0. The third-order valence-corrected chi connectivity index (χ3v) is 6.45. The van der Waals surface area contributed by atoms with Crippen molar-refractivity contribution in [3.8, 4) is 0 Å². The standard InChI is InChI=1S/C28H50O6/c1-5-7-9-11-13-15-17-19-21-25(23(3)29)27(31)33-34-28(32)26(24(4)30)22-20-18-16-14-12-10-8-6-2/h25-26H,5-22H2,1-4H3. The van der Waals surface area contributed by atoms with Crippen LogP contribution in [0.5, 0.6) is 0 Å². The topological polar surface area (TPSA) is 86.7 Å². The summed E-state index contributed by atoms with van der Waals surface area (Å²) in [6.07, 6.45) is 18.6. The van der Waals surface area contributed by atoms with Crippen LogP contribution in [0.2, 0.25) is 0 Å². The van der Waals surface area contributed by atoms with E-state index in [1.165, 1.54) is 65.2 Å². The number of ketones is 2. The van der Waals surface area contributed by atoms with Gasteiger partial charge in [-0.05, 0) is 26.7 Å². The Balaban J connectivity index is 4.27. The van der Waals surface area contributed by atoms with Crippen LogP contribution in [0.4, 0.5) is 0 Å². The van der Waals surface area contributed by atoms with Crippen LogP contribution in [0, 0.1) is 11.8 Å². The van der Waals surface area contributed by atoms with Gasteiger partial charge in [0.05, 0.1) is 0 Å². The van der Waals surface area contributed by atoms with Crippen LogP contribution < -0.4 is 0 Å². The van der Waals surface area contributed by atoms with E-state index in [4.69, 9.17) is 9.78 Å². The van der Waals surface area contributed by atoms with E-state index < -0.39 is 23.8 Å². The smallest absolute Gasteiger partial charge is 0.299 e. The summed E-state index contributed by atoms with van der Waals surface area (Å²) < 4.78 is 0. The minimum Gasteiger partial charge on any atom is -0.299 e. The highest BCUT2D eigenvalue weighted by atomic mass is 17.2. The molecule has 0 saturated carbocycles. The molecule has 0 radical (unpaired) electrons. The summed E-state index contributed by atoms with van der Waals surface area (Å²) in [4.78, 5) is 57.8. The predicted octanol–water partition coefficient (Wildman–Crippen LogP) is 7.46. The van der Waals surface area contributed by atoms with Crippen molar-refractivity contribution in [1.29, 1.82) is 0 Å². The molecule has 0 aliphatic carbocycles. The van der Waals surface area contributed by atoms with E-state index in [9.17, 15) is 19.2 Å². The van der Waals surface area contributed by atoms with E-state index in [-0.39, 0.29) is 11.6 Å². The number of carbonyl (C=O) groups is 4. The van der Waals surface area contributed by atoms with Crippen LogP contribution in [0.3, 0.4) is 0 Å². The molecule has 34 heavy (non-hydrogen) atoms. The lowest BCUT2D eigenvalue weighted by Crippen LogP contribution is -2.29. The van der Waals surface area contributed by atoms with E-state index in [2.05, 4.69) is 13.8 Å². The van der Waals surface area contributed by atoms with Gasteiger partial charge in [0, 0.05) is 0 Å². The second-order valence-electron chi connectivity index (χ2n) is 9.66. The summed E-state index contributed by atoms with van der Waals surface area (Å²) >= 11 is 0. The molecule has 0 aliphatic rings. The molecule has 0 fully saturated rings. The number of carbonyl (C=O) groups excluding carboxylic acids is 4. The molecule has 6 nitrogen and oxygen atoms in total. The third-order valence-electron chi connectivity index (χ3n) is 6.45. The van der Waals surface area contributed by atoms with Gasteiger partial charge >= 0.3 is 11.9 Å². The Morgan fingerprint density at radius 2 is 0.735 bits per heavy atom. The fourth-order valence-corrected chi connectivity index (χ4v) is 4.14. The van der Waals surface area contributed by atoms with Gasteiger partial charge in [-0.1, -0.05) is 117 Å². The largest absolute Gasteiger partial charge is 0.365 e. The second kappa shape index (κ2) is 21.8. The van der Waals surface area contributed by atoms with Gasteiger partial charge < -0.3 is 0 Å². The van der Waals surface area contributed by atoms with E-state index in [1.807, 2.05) is 0 Å². The maximum absolute atomic E-state index is 12.3. The lowest BCUT2D eigenvalue weighted by molar-refractivity contribution is -0.264. The minimum atomic E-state index is -0.934. The molecule has 6 heteroatoms. The van der Waals surface area contributed by atoms with Gasteiger partial charge in [0.2, 0.25) is 0 Å². The van der Waals surface area contributed by atoms with Crippen LogP contribution in [0.1, 0.15) is 143 Å². The molecule has 198 valence electrons. The lowest BCUT2D eigenvalue weighted by atomic mass is 9.97. The molecule has 2 atom stereocenters. The molecule has 0 spiro atoms. The molecule has 0 aromatic rings. The fourth-order valence-electron chi connectivity index (χ4n) is 4.14. The maximum atomic E-state index is 12.3. The molecule has 0 saturated heterocycles. The SMILES string of the molecule is CCCCCCCCCCC(C(C)=O)C(=O)OOC(=O)C(CCCCCCCCCC)C(C)=O. The molecule has 0 N–H and O–H groups in total. The van der Waals surface area contributed by atoms with Gasteiger partial charge in [-0.2, -0.15) is 0 Å². The van der Waals surface area contributed by atoms with E-state index in [0.29, 0.717) is 12.8 Å². The van der Waals surface area contributed by atoms with Gasteiger partial charge in [-0.15, -0.1) is 0 Å². The van der Waals surface area contributed by atoms with Gasteiger partial charge in [0.25, 0.3) is 0 Å². The fraction of sp³-hybridized carbons (Fsp3) is 0.857. The summed E-state index contributed by atoms with van der Waals surface area (Å²) in [5.74, 6) is -4.17. The Hall–Kier alpha value is -1.72. The highest BCUT2D eigenvalue weighted by Crippen LogP contribution is 2.18. The van der Waals surface area contributed by atoms with Crippen molar-refractivity contribution in [2.75, 3.05) is 0 Å². The van der Waals surface area contributed by atoms with Gasteiger partial charge in [-0.25, -0.2) is 19.4 Å². The molecule has 0 aromatic carbocycles. The normalized spacial score (nSPS) is 12.7. The van der Waals surface area contributed by atoms with Crippen molar-refractivity contribution in [1.82, 2.24) is 0 Å². The zero-order valence-electron chi connectivity index (χ0n) is 22.3. The molecule has 0 heterocycles. The number of hydrogen-bond donors (Lipinski definition) is 0. The van der Waals surface area contributed by atoms with Crippen molar-refractivity contribution in [2.24, 2.45) is 11.8 Å². The Morgan fingerprint density at radius 1 is 0.471 bits per heavy atom. The van der Waals surface area contributed by atoms with E-state index >= 15 is 0 Å². The highest BCUT2D eigenvalue weighted by molar-refractivity contribution is 5.99. The van der Waals surface area contributed by atoms with Gasteiger partial charge in [0.15, 0.2) is 0 Å². The Labute approximate surface area is 207 Å². The summed E-state index contributed by atoms with van der Waals surface area (Å²) in [6, 6.07) is 0. The number of Topliss-reactive ketones (excluding diaryl/α,β-unsaturated/α-hetero) is 2. The quantitative estimate of drug-likeness (QED) is 0.0689. The van der Waals surface area contributed by atoms with E-state index in [0.717, 1.165) is 51.4 Å². The molecular formula is C28H50O6. The third kappa shape index (κ3) is 16.8. The van der Waals surface area contributed by atoms with Crippen molar-refractivity contribution in [3.63, 3.8) is 0 Å². The molecule has 0 bridgehead atoms. The minimum absolute atomic E-state index is 0.300. The molecule has 0 rings (SSSR count). The molecule has 0 amide bonds. The van der Waals surface area contributed by atoms with Crippen molar-refractivity contribution >= 4 is 23.5 Å². The average molecular weight is 483 g/mol. The Bertz CT molecular complexity index is 521. The molecule has 0 aliphatic heterocycles. The first-order valence-electron chi connectivity index (χ1n) is 13.8. The molecule has 0 aromatic heterocycles. The second-order valence-corrected chi connectivity index (χ2v) is 9.66. The van der Waals surface area contributed by atoms with Crippen LogP contribution >= 0.6 is 0 Å². The van der Waals surface area contributed by atoms with Crippen LogP contribution in [-0.2, 0) is 29.0 Å². The van der Waals surface area contributed by atoms with Crippen molar-refractivity contribution in [3.05, 3.63) is 0 Å². The van der Waals surface area contributed by atoms with Crippen molar-refractivity contribution in [2.45, 2.75) is 143 Å². The summed E-state index contributed by atoms with van der Waals surface area (Å²) in [6.45, 7) is 7.07. The lowest BCUT2D eigenvalue weighted by Gasteiger charge is -2.14. The zero-order valence-corrected chi connectivity index (χ0v) is 22.3. The summed E-state index contributed by atoms with van der Waals surface area (Å²) in [7, 11) is 0.